The van der Waals surface area contributed by atoms with Crippen LogP contribution in [0.2, 0.25) is 0 Å². The highest BCUT2D eigenvalue weighted by Crippen LogP contribution is 2.23. The van der Waals surface area contributed by atoms with Crippen molar-refractivity contribution >= 4 is 21.6 Å². The molecule has 0 radical (unpaired) electrons. The molecule has 5 N–H and O–H groups in total. The van der Waals surface area contributed by atoms with Crippen molar-refractivity contribution in [2.75, 3.05) is 11.9 Å². The van der Waals surface area contributed by atoms with Crippen molar-refractivity contribution in [2.45, 2.75) is 30.6 Å². The Morgan fingerprint density at radius 1 is 1.05 bits per heavy atom. The maximum absolute atomic E-state index is 9.85. The number of hydrogen-bond acceptors (Lipinski definition) is 6. The van der Waals surface area contributed by atoms with E-state index in [0.29, 0.717) is 5.69 Å². The number of benzene rings is 1. The molecule has 19 heavy (non-hydrogen) atoms. The molecule has 2 rings (SSSR count). The van der Waals surface area contributed by atoms with Gasteiger partial charge in [-0.15, -0.1) is 0 Å². The molecule has 1 aliphatic rings. The van der Waals surface area contributed by atoms with Crippen LogP contribution in [0.5, 0.6) is 0 Å². The zero-order valence-corrected chi connectivity index (χ0v) is 11.6. The SMILES string of the molecule is OC[C@@H]1O[C@H](Nc2ccc(Br)cc2)[C@H](O)[C@H](O)[C@@H]1O. The standard InChI is InChI=1S/C12H16BrNO5/c13-6-1-3-7(4-2-6)14-12-11(18)10(17)9(16)8(5-15)19-12/h1-4,8-12,14-18H,5H2/t8-,9+,10+,11+,12-/m0/s1. The first-order valence-electron chi connectivity index (χ1n) is 5.85. The van der Waals surface area contributed by atoms with Gasteiger partial charge in [0.2, 0.25) is 0 Å². The van der Waals surface area contributed by atoms with Crippen LogP contribution in [-0.2, 0) is 4.74 Å². The van der Waals surface area contributed by atoms with Crippen molar-refractivity contribution in [3.63, 3.8) is 0 Å². The third-order valence-corrected chi connectivity index (χ3v) is 3.57. The maximum atomic E-state index is 9.85. The minimum absolute atomic E-state index is 0.441. The van der Waals surface area contributed by atoms with E-state index in [0.717, 1.165) is 4.47 Å². The first-order valence-corrected chi connectivity index (χ1v) is 6.65. The Morgan fingerprint density at radius 3 is 2.26 bits per heavy atom. The topological polar surface area (TPSA) is 102 Å². The van der Waals surface area contributed by atoms with Crippen LogP contribution in [0.4, 0.5) is 5.69 Å². The average molecular weight is 334 g/mol. The lowest BCUT2D eigenvalue weighted by Gasteiger charge is -2.40. The Morgan fingerprint density at radius 2 is 1.68 bits per heavy atom. The maximum Gasteiger partial charge on any atom is 0.157 e. The molecule has 1 aliphatic heterocycles. The molecule has 0 amide bonds. The molecule has 7 heteroatoms. The molecule has 106 valence electrons. The fourth-order valence-electron chi connectivity index (χ4n) is 1.93. The lowest BCUT2D eigenvalue weighted by Crippen LogP contribution is -2.60. The summed E-state index contributed by atoms with van der Waals surface area (Å²) in [6, 6.07) is 7.16. The summed E-state index contributed by atoms with van der Waals surface area (Å²) in [5, 5.41) is 41.1. The van der Waals surface area contributed by atoms with E-state index in [1.54, 1.807) is 12.1 Å². The third-order valence-electron chi connectivity index (χ3n) is 3.05. The van der Waals surface area contributed by atoms with Gasteiger partial charge in [-0.05, 0) is 24.3 Å². The largest absolute Gasteiger partial charge is 0.394 e. The zero-order valence-electron chi connectivity index (χ0n) is 9.98. The van der Waals surface area contributed by atoms with E-state index in [2.05, 4.69) is 21.2 Å². The molecule has 0 bridgehead atoms. The summed E-state index contributed by atoms with van der Waals surface area (Å²) in [5.41, 5.74) is 0.688. The predicted molar refractivity (Wildman–Crippen MR) is 71.5 cm³/mol. The van der Waals surface area contributed by atoms with E-state index in [9.17, 15) is 15.3 Å². The molecule has 1 aromatic carbocycles. The van der Waals surface area contributed by atoms with Crippen molar-refractivity contribution < 1.29 is 25.2 Å². The fraction of sp³-hybridized carbons (Fsp3) is 0.500. The highest BCUT2D eigenvalue weighted by atomic mass is 79.9. The van der Waals surface area contributed by atoms with Gasteiger partial charge in [-0.1, -0.05) is 15.9 Å². The lowest BCUT2D eigenvalue weighted by molar-refractivity contribution is -0.221. The Labute approximate surface area is 118 Å². The number of halogens is 1. The van der Waals surface area contributed by atoms with Gasteiger partial charge in [0.15, 0.2) is 6.23 Å². The van der Waals surface area contributed by atoms with Crippen LogP contribution < -0.4 is 5.32 Å². The normalized spacial score (nSPS) is 35.1. The van der Waals surface area contributed by atoms with Gasteiger partial charge in [-0.2, -0.15) is 0 Å². The second-order valence-electron chi connectivity index (χ2n) is 4.40. The summed E-state index contributed by atoms with van der Waals surface area (Å²) in [5.74, 6) is 0. The van der Waals surface area contributed by atoms with Gasteiger partial charge in [0, 0.05) is 10.2 Å². The number of anilines is 1. The first-order chi connectivity index (χ1) is 9.02. The highest BCUT2D eigenvalue weighted by molar-refractivity contribution is 9.10. The minimum atomic E-state index is -1.38. The van der Waals surface area contributed by atoms with E-state index in [1.807, 2.05) is 12.1 Å². The third kappa shape index (κ3) is 3.25. The van der Waals surface area contributed by atoms with Crippen LogP contribution in [-0.4, -0.2) is 57.7 Å². The van der Waals surface area contributed by atoms with Gasteiger partial charge in [-0.25, -0.2) is 0 Å². The number of aliphatic hydroxyl groups excluding tert-OH is 4. The van der Waals surface area contributed by atoms with Crippen LogP contribution in [0, 0.1) is 0 Å². The molecule has 6 nitrogen and oxygen atoms in total. The van der Waals surface area contributed by atoms with Gasteiger partial charge in [-0.3, -0.25) is 0 Å². The van der Waals surface area contributed by atoms with Gasteiger partial charge in [0.1, 0.15) is 24.4 Å². The lowest BCUT2D eigenvalue weighted by atomic mass is 9.98. The van der Waals surface area contributed by atoms with E-state index in [-0.39, 0.29) is 0 Å². The Hall–Kier alpha value is -0.700. The van der Waals surface area contributed by atoms with Crippen molar-refractivity contribution in [1.82, 2.24) is 0 Å². The summed E-state index contributed by atoms with van der Waals surface area (Å²) < 4.78 is 6.24. The van der Waals surface area contributed by atoms with Crippen LogP contribution in [0.15, 0.2) is 28.7 Å². The summed E-state index contributed by atoms with van der Waals surface area (Å²) >= 11 is 3.31. The Bertz CT molecular complexity index is 413. The minimum Gasteiger partial charge on any atom is -0.394 e. The summed E-state index contributed by atoms with van der Waals surface area (Å²) in [7, 11) is 0. The molecule has 1 saturated heterocycles. The van der Waals surface area contributed by atoms with Crippen LogP contribution in [0.1, 0.15) is 0 Å². The van der Waals surface area contributed by atoms with E-state index < -0.39 is 37.3 Å². The molecule has 0 unspecified atom stereocenters. The smallest absolute Gasteiger partial charge is 0.157 e. The van der Waals surface area contributed by atoms with Crippen LogP contribution in [0.3, 0.4) is 0 Å². The van der Waals surface area contributed by atoms with Gasteiger partial charge < -0.3 is 30.5 Å². The Balaban J connectivity index is 2.08. The quantitative estimate of drug-likeness (QED) is 0.518. The molecule has 5 atom stereocenters. The number of rotatable bonds is 3. The summed E-state index contributed by atoms with van der Waals surface area (Å²) in [4.78, 5) is 0. The second-order valence-corrected chi connectivity index (χ2v) is 5.32. The van der Waals surface area contributed by atoms with Crippen molar-refractivity contribution in [1.29, 1.82) is 0 Å². The molecule has 0 saturated carbocycles. The second kappa shape index (κ2) is 6.17. The summed E-state index contributed by atoms with van der Waals surface area (Å²) in [6.07, 6.45) is -5.83. The fourth-order valence-corrected chi connectivity index (χ4v) is 2.20. The van der Waals surface area contributed by atoms with Crippen molar-refractivity contribution in [3.05, 3.63) is 28.7 Å². The molecule has 1 fully saturated rings. The molecule has 1 aromatic rings. The Kier molecular flexibility index (Phi) is 4.77. The molecule has 1 heterocycles. The first kappa shape index (κ1) is 14.7. The van der Waals surface area contributed by atoms with E-state index in [1.165, 1.54) is 0 Å². The monoisotopic (exact) mass is 333 g/mol. The molecule has 0 aliphatic carbocycles. The average Bonchev–Trinajstić information content (AvgIpc) is 2.42. The van der Waals surface area contributed by atoms with Crippen LogP contribution >= 0.6 is 15.9 Å². The molecule has 0 aromatic heterocycles. The molecule has 0 spiro atoms. The van der Waals surface area contributed by atoms with Gasteiger partial charge in [0.05, 0.1) is 6.61 Å². The number of nitrogens with one attached hydrogen (secondary N) is 1. The van der Waals surface area contributed by atoms with Crippen LogP contribution in [0.25, 0.3) is 0 Å². The van der Waals surface area contributed by atoms with Crippen molar-refractivity contribution in [3.8, 4) is 0 Å². The van der Waals surface area contributed by atoms with Gasteiger partial charge in [0.25, 0.3) is 0 Å². The molecular formula is C12H16BrNO5. The number of ether oxygens (including phenoxy) is 1. The predicted octanol–water partition coefficient (Wildman–Crippen LogP) is -0.339. The zero-order chi connectivity index (χ0) is 14.0. The molecular weight excluding hydrogens is 318 g/mol. The number of hydrogen-bond donors (Lipinski definition) is 5. The van der Waals surface area contributed by atoms with E-state index in [4.69, 9.17) is 9.84 Å². The van der Waals surface area contributed by atoms with Gasteiger partial charge >= 0.3 is 0 Å². The van der Waals surface area contributed by atoms with Crippen molar-refractivity contribution in [2.24, 2.45) is 0 Å². The number of aliphatic hydroxyl groups is 4. The van der Waals surface area contributed by atoms with E-state index >= 15 is 0 Å². The highest BCUT2D eigenvalue weighted by Gasteiger charge is 2.43. The summed E-state index contributed by atoms with van der Waals surface area (Å²) in [6.45, 7) is -0.441.